The molecule has 2 heteroatoms. The van der Waals surface area contributed by atoms with Crippen LogP contribution in [0.15, 0.2) is 24.3 Å². The standard InChI is InChI=1S/C13H18N2/c1-4-8-14-9-10-15(3)13-7-5-6-12(2)11-13/h1,5-7,11,14H,8-10H2,2-3H3. The zero-order chi connectivity index (χ0) is 11.1. The molecule has 0 aliphatic heterocycles. The van der Waals surface area contributed by atoms with Crippen molar-refractivity contribution in [3.8, 4) is 12.3 Å². The third-order valence-electron chi connectivity index (χ3n) is 2.29. The van der Waals surface area contributed by atoms with Crippen molar-refractivity contribution in [3.63, 3.8) is 0 Å². The molecule has 0 saturated heterocycles. The number of benzene rings is 1. The molecule has 15 heavy (non-hydrogen) atoms. The van der Waals surface area contributed by atoms with Gasteiger partial charge in [-0.05, 0) is 24.6 Å². The molecule has 0 saturated carbocycles. The van der Waals surface area contributed by atoms with Crippen LogP contribution in [0.3, 0.4) is 0 Å². The molecule has 0 unspecified atom stereocenters. The number of hydrogen-bond donors (Lipinski definition) is 1. The number of terminal acetylenes is 1. The Kier molecular flexibility index (Phi) is 4.73. The first-order valence-electron chi connectivity index (χ1n) is 5.16. The molecule has 2 nitrogen and oxygen atoms in total. The van der Waals surface area contributed by atoms with E-state index in [2.05, 4.69) is 54.4 Å². The Labute approximate surface area is 92.3 Å². The molecule has 0 heterocycles. The van der Waals surface area contributed by atoms with E-state index >= 15 is 0 Å². The van der Waals surface area contributed by atoms with Gasteiger partial charge < -0.3 is 10.2 Å². The number of aryl methyl sites for hydroxylation is 1. The molecule has 0 bridgehead atoms. The van der Waals surface area contributed by atoms with Crippen LogP contribution in [0.25, 0.3) is 0 Å². The van der Waals surface area contributed by atoms with E-state index in [1.54, 1.807) is 0 Å². The number of anilines is 1. The molecule has 0 spiro atoms. The highest BCUT2D eigenvalue weighted by molar-refractivity contribution is 5.47. The van der Waals surface area contributed by atoms with E-state index in [0.717, 1.165) is 13.1 Å². The normalized spacial score (nSPS) is 9.67. The summed E-state index contributed by atoms with van der Waals surface area (Å²) in [6.07, 6.45) is 5.15. The average Bonchev–Trinajstić information content (AvgIpc) is 2.24. The van der Waals surface area contributed by atoms with Crippen molar-refractivity contribution >= 4 is 5.69 Å². The smallest absolute Gasteiger partial charge is 0.0574 e. The average molecular weight is 202 g/mol. The molecule has 1 aromatic rings. The van der Waals surface area contributed by atoms with Crippen LogP contribution in [0, 0.1) is 19.3 Å². The largest absolute Gasteiger partial charge is 0.373 e. The SMILES string of the molecule is C#CCNCCN(C)c1cccc(C)c1. The fourth-order valence-corrected chi connectivity index (χ4v) is 1.40. The van der Waals surface area contributed by atoms with Crippen LogP contribution in [-0.2, 0) is 0 Å². The quantitative estimate of drug-likeness (QED) is 0.577. The predicted octanol–water partition coefficient (Wildman–Crippen LogP) is 1.65. The maximum Gasteiger partial charge on any atom is 0.0574 e. The monoisotopic (exact) mass is 202 g/mol. The van der Waals surface area contributed by atoms with E-state index < -0.39 is 0 Å². The third kappa shape index (κ3) is 4.05. The second kappa shape index (κ2) is 6.10. The molecule has 0 radical (unpaired) electrons. The molecule has 1 aromatic carbocycles. The highest BCUT2D eigenvalue weighted by Crippen LogP contribution is 2.13. The second-order valence-electron chi connectivity index (χ2n) is 3.64. The van der Waals surface area contributed by atoms with E-state index in [4.69, 9.17) is 6.42 Å². The third-order valence-corrected chi connectivity index (χ3v) is 2.29. The minimum absolute atomic E-state index is 0.641. The topological polar surface area (TPSA) is 15.3 Å². The number of nitrogens with one attached hydrogen (secondary N) is 1. The maximum absolute atomic E-state index is 5.15. The molecule has 1 rings (SSSR count). The van der Waals surface area contributed by atoms with Gasteiger partial charge in [-0.25, -0.2) is 0 Å². The first-order chi connectivity index (χ1) is 7.24. The van der Waals surface area contributed by atoms with E-state index in [0.29, 0.717) is 6.54 Å². The van der Waals surface area contributed by atoms with Crippen molar-refractivity contribution in [2.24, 2.45) is 0 Å². The summed E-state index contributed by atoms with van der Waals surface area (Å²) in [4.78, 5) is 2.22. The van der Waals surface area contributed by atoms with Crippen LogP contribution in [-0.4, -0.2) is 26.7 Å². The Morgan fingerprint density at radius 1 is 1.47 bits per heavy atom. The summed E-state index contributed by atoms with van der Waals surface area (Å²) in [5.74, 6) is 2.56. The summed E-state index contributed by atoms with van der Waals surface area (Å²) >= 11 is 0. The van der Waals surface area contributed by atoms with Gasteiger partial charge >= 0.3 is 0 Å². The fraction of sp³-hybridized carbons (Fsp3) is 0.385. The first-order valence-corrected chi connectivity index (χ1v) is 5.16. The van der Waals surface area contributed by atoms with Gasteiger partial charge in [0.2, 0.25) is 0 Å². The summed E-state index contributed by atoms with van der Waals surface area (Å²) in [6, 6.07) is 8.49. The lowest BCUT2D eigenvalue weighted by Crippen LogP contribution is -2.29. The Balaban J connectivity index is 2.40. The summed E-state index contributed by atoms with van der Waals surface area (Å²) < 4.78 is 0. The Morgan fingerprint density at radius 2 is 2.27 bits per heavy atom. The van der Waals surface area contributed by atoms with Crippen molar-refractivity contribution in [1.29, 1.82) is 0 Å². The van der Waals surface area contributed by atoms with Crippen molar-refractivity contribution < 1.29 is 0 Å². The summed E-state index contributed by atoms with van der Waals surface area (Å²) in [5.41, 5.74) is 2.54. The predicted molar refractivity (Wildman–Crippen MR) is 66.2 cm³/mol. The van der Waals surface area contributed by atoms with Crippen LogP contribution in [0.5, 0.6) is 0 Å². The lowest BCUT2D eigenvalue weighted by molar-refractivity contribution is 0.737. The van der Waals surface area contributed by atoms with Crippen LogP contribution in [0.4, 0.5) is 5.69 Å². The number of hydrogen-bond acceptors (Lipinski definition) is 2. The summed E-state index contributed by atoms with van der Waals surface area (Å²) in [7, 11) is 2.09. The second-order valence-corrected chi connectivity index (χ2v) is 3.64. The van der Waals surface area contributed by atoms with Gasteiger partial charge in [-0.2, -0.15) is 0 Å². The van der Waals surface area contributed by atoms with Gasteiger partial charge in [0.1, 0.15) is 0 Å². The maximum atomic E-state index is 5.15. The lowest BCUT2D eigenvalue weighted by Gasteiger charge is -2.19. The molecule has 80 valence electrons. The van der Waals surface area contributed by atoms with Gasteiger partial charge in [-0.1, -0.05) is 18.1 Å². The molecule has 0 aliphatic rings. The van der Waals surface area contributed by atoms with Crippen molar-refractivity contribution in [2.45, 2.75) is 6.92 Å². The van der Waals surface area contributed by atoms with Gasteiger partial charge in [0.25, 0.3) is 0 Å². The van der Waals surface area contributed by atoms with E-state index in [9.17, 15) is 0 Å². The molecule has 0 aromatic heterocycles. The van der Waals surface area contributed by atoms with Crippen molar-refractivity contribution in [2.75, 3.05) is 31.6 Å². The van der Waals surface area contributed by atoms with Crippen molar-refractivity contribution in [3.05, 3.63) is 29.8 Å². The molecule has 0 amide bonds. The molecular weight excluding hydrogens is 184 g/mol. The number of nitrogens with zero attached hydrogens (tertiary/aromatic N) is 1. The van der Waals surface area contributed by atoms with Crippen LogP contribution >= 0.6 is 0 Å². The summed E-state index contributed by atoms with van der Waals surface area (Å²) in [6.45, 7) is 4.62. The van der Waals surface area contributed by atoms with Crippen molar-refractivity contribution in [1.82, 2.24) is 5.32 Å². The van der Waals surface area contributed by atoms with Gasteiger partial charge in [0, 0.05) is 25.8 Å². The van der Waals surface area contributed by atoms with E-state index in [1.165, 1.54) is 11.3 Å². The molecule has 1 N–H and O–H groups in total. The zero-order valence-electron chi connectivity index (χ0n) is 9.46. The Bertz CT molecular complexity index is 339. The van der Waals surface area contributed by atoms with Crippen LogP contribution in [0.1, 0.15) is 5.56 Å². The Morgan fingerprint density at radius 3 is 2.93 bits per heavy atom. The van der Waals surface area contributed by atoms with Crippen LogP contribution in [0.2, 0.25) is 0 Å². The minimum atomic E-state index is 0.641. The van der Waals surface area contributed by atoms with Crippen LogP contribution < -0.4 is 10.2 Å². The zero-order valence-corrected chi connectivity index (χ0v) is 9.46. The first kappa shape index (κ1) is 11.6. The molecule has 0 fully saturated rings. The molecular formula is C13H18N2. The highest BCUT2D eigenvalue weighted by atomic mass is 15.1. The van der Waals surface area contributed by atoms with Gasteiger partial charge in [-0.15, -0.1) is 6.42 Å². The van der Waals surface area contributed by atoms with Gasteiger partial charge in [0.15, 0.2) is 0 Å². The van der Waals surface area contributed by atoms with E-state index in [-0.39, 0.29) is 0 Å². The minimum Gasteiger partial charge on any atom is -0.373 e. The van der Waals surface area contributed by atoms with Gasteiger partial charge in [0.05, 0.1) is 6.54 Å². The number of likely N-dealkylation sites (N-methyl/N-ethyl adjacent to an activating group) is 1. The molecule has 0 atom stereocenters. The summed E-state index contributed by atoms with van der Waals surface area (Å²) in [5, 5.41) is 3.17. The highest BCUT2D eigenvalue weighted by Gasteiger charge is 1.99. The number of rotatable bonds is 5. The fourth-order valence-electron chi connectivity index (χ4n) is 1.40. The van der Waals surface area contributed by atoms with Gasteiger partial charge in [-0.3, -0.25) is 0 Å². The lowest BCUT2D eigenvalue weighted by atomic mass is 10.2. The Hall–Kier alpha value is -1.46. The molecule has 0 aliphatic carbocycles. The van der Waals surface area contributed by atoms with E-state index in [1.807, 2.05) is 0 Å².